The van der Waals surface area contributed by atoms with Crippen molar-refractivity contribution >= 4 is 21.8 Å². The van der Waals surface area contributed by atoms with Gasteiger partial charge < -0.3 is 14.2 Å². The van der Waals surface area contributed by atoms with Gasteiger partial charge in [-0.3, -0.25) is 4.79 Å². The minimum atomic E-state index is 0.0252. The lowest BCUT2D eigenvalue weighted by molar-refractivity contribution is 0.0700. The van der Waals surface area contributed by atoms with Crippen LogP contribution in [-0.2, 0) is 11.3 Å². The highest BCUT2D eigenvalue weighted by atomic mass is 79.9. The summed E-state index contributed by atoms with van der Waals surface area (Å²) in [5.74, 6) is 0.0252. The number of amides is 1. The zero-order chi connectivity index (χ0) is 12.8. The summed E-state index contributed by atoms with van der Waals surface area (Å²) >= 11 is 3.39. The Labute approximate surface area is 111 Å². The first-order valence-electron chi connectivity index (χ1n) is 5.79. The molecule has 0 radical (unpaired) electrons. The summed E-state index contributed by atoms with van der Waals surface area (Å²) in [7, 11) is 1.79. The molecule has 0 atom stereocenters. The number of rotatable bonds is 6. The van der Waals surface area contributed by atoms with Crippen molar-refractivity contribution in [3.8, 4) is 0 Å². The van der Waals surface area contributed by atoms with Crippen LogP contribution in [0.5, 0.6) is 0 Å². The van der Waals surface area contributed by atoms with Gasteiger partial charge >= 0.3 is 0 Å². The lowest BCUT2D eigenvalue weighted by Crippen LogP contribution is -2.31. The second-order valence-electron chi connectivity index (χ2n) is 3.75. The van der Waals surface area contributed by atoms with Gasteiger partial charge in [0, 0.05) is 37.4 Å². The van der Waals surface area contributed by atoms with Gasteiger partial charge in [0.1, 0.15) is 5.69 Å². The molecule has 5 heteroatoms. The number of aryl methyl sites for hydroxylation is 1. The molecule has 0 aliphatic rings. The van der Waals surface area contributed by atoms with Crippen LogP contribution in [0.3, 0.4) is 0 Å². The maximum absolute atomic E-state index is 12.2. The van der Waals surface area contributed by atoms with E-state index in [1.54, 1.807) is 11.9 Å². The Balaban J connectivity index is 2.67. The van der Waals surface area contributed by atoms with E-state index in [0.29, 0.717) is 25.5 Å². The molecule has 0 spiro atoms. The van der Waals surface area contributed by atoms with E-state index in [4.69, 9.17) is 4.74 Å². The maximum Gasteiger partial charge on any atom is 0.270 e. The van der Waals surface area contributed by atoms with Gasteiger partial charge in [-0.25, -0.2) is 0 Å². The number of halogens is 1. The van der Waals surface area contributed by atoms with Crippen LogP contribution >= 0.6 is 15.9 Å². The molecule has 1 aromatic heterocycles. The lowest BCUT2D eigenvalue weighted by Gasteiger charge is -2.17. The van der Waals surface area contributed by atoms with E-state index in [0.717, 1.165) is 11.0 Å². The first-order valence-corrected chi connectivity index (χ1v) is 6.58. The number of likely N-dealkylation sites (N-methyl/N-ethyl adjacent to an activating group) is 1. The normalized spacial score (nSPS) is 10.6. The van der Waals surface area contributed by atoms with Crippen molar-refractivity contribution in [1.29, 1.82) is 0 Å². The van der Waals surface area contributed by atoms with Crippen LogP contribution in [0.2, 0.25) is 0 Å². The molecule has 0 N–H and O–H groups in total. The molecular formula is C12H19BrN2O2. The molecular weight excluding hydrogens is 284 g/mol. The molecule has 0 aromatic carbocycles. The predicted molar refractivity (Wildman–Crippen MR) is 71.3 cm³/mol. The number of hydrogen-bond acceptors (Lipinski definition) is 2. The summed E-state index contributed by atoms with van der Waals surface area (Å²) < 4.78 is 8.11. The molecule has 0 saturated heterocycles. The van der Waals surface area contributed by atoms with Crippen LogP contribution in [0.15, 0.2) is 16.7 Å². The van der Waals surface area contributed by atoms with E-state index in [-0.39, 0.29) is 5.91 Å². The van der Waals surface area contributed by atoms with Crippen LogP contribution in [0, 0.1) is 0 Å². The van der Waals surface area contributed by atoms with Crippen LogP contribution < -0.4 is 0 Å². The number of nitrogens with zero attached hydrogens (tertiary/aromatic N) is 2. The fraction of sp³-hybridized carbons (Fsp3) is 0.583. The number of carbonyl (C=O) groups excluding carboxylic acids is 1. The Morgan fingerprint density at radius 2 is 2.24 bits per heavy atom. The molecule has 0 fully saturated rings. The third kappa shape index (κ3) is 3.85. The highest BCUT2D eigenvalue weighted by Gasteiger charge is 2.16. The summed E-state index contributed by atoms with van der Waals surface area (Å²) in [6, 6.07) is 1.85. The summed E-state index contributed by atoms with van der Waals surface area (Å²) in [4.78, 5) is 13.8. The van der Waals surface area contributed by atoms with Gasteiger partial charge in [0.2, 0.25) is 0 Å². The van der Waals surface area contributed by atoms with Crippen molar-refractivity contribution in [2.75, 3.05) is 26.8 Å². The first-order chi connectivity index (χ1) is 8.10. The SMILES string of the molecule is CCOCCN(C)C(=O)c1cc(Br)cn1CC. The van der Waals surface area contributed by atoms with Crippen molar-refractivity contribution in [1.82, 2.24) is 9.47 Å². The molecule has 1 heterocycles. The Bertz CT molecular complexity index is 377. The first kappa shape index (κ1) is 14.3. The average molecular weight is 303 g/mol. The zero-order valence-electron chi connectivity index (χ0n) is 10.6. The van der Waals surface area contributed by atoms with Crippen molar-refractivity contribution < 1.29 is 9.53 Å². The van der Waals surface area contributed by atoms with Gasteiger partial charge in [-0.1, -0.05) is 0 Å². The quantitative estimate of drug-likeness (QED) is 0.756. The molecule has 0 saturated carbocycles. The summed E-state index contributed by atoms with van der Waals surface area (Å²) in [6.07, 6.45) is 1.92. The molecule has 0 unspecified atom stereocenters. The number of aromatic nitrogens is 1. The zero-order valence-corrected chi connectivity index (χ0v) is 12.2. The molecule has 4 nitrogen and oxygen atoms in total. The van der Waals surface area contributed by atoms with Gasteiger partial charge in [-0.05, 0) is 35.8 Å². The number of ether oxygens (including phenoxy) is 1. The van der Waals surface area contributed by atoms with Gasteiger partial charge in [-0.2, -0.15) is 0 Å². The van der Waals surface area contributed by atoms with Crippen molar-refractivity contribution in [3.05, 3.63) is 22.4 Å². The highest BCUT2D eigenvalue weighted by molar-refractivity contribution is 9.10. The molecule has 1 aromatic rings. The van der Waals surface area contributed by atoms with Crippen LogP contribution in [0.4, 0.5) is 0 Å². The van der Waals surface area contributed by atoms with Gasteiger partial charge in [0.05, 0.1) is 6.61 Å². The van der Waals surface area contributed by atoms with Crippen molar-refractivity contribution in [2.24, 2.45) is 0 Å². The third-order valence-electron chi connectivity index (χ3n) is 2.54. The summed E-state index contributed by atoms with van der Waals surface area (Å²) in [5, 5.41) is 0. The second-order valence-corrected chi connectivity index (χ2v) is 4.67. The van der Waals surface area contributed by atoms with E-state index >= 15 is 0 Å². The molecule has 0 aliphatic carbocycles. The molecule has 1 rings (SSSR count). The Morgan fingerprint density at radius 1 is 1.53 bits per heavy atom. The van der Waals surface area contributed by atoms with Crippen molar-refractivity contribution in [2.45, 2.75) is 20.4 Å². The molecule has 1 amide bonds. The van der Waals surface area contributed by atoms with E-state index in [9.17, 15) is 4.79 Å². The smallest absolute Gasteiger partial charge is 0.270 e. The molecule has 17 heavy (non-hydrogen) atoms. The summed E-state index contributed by atoms with van der Waals surface area (Å²) in [5.41, 5.74) is 0.707. The Kier molecular flexibility index (Phi) is 5.71. The van der Waals surface area contributed by atoms with Gasteiger partial charge in [-0.15, -0.1) is 0 Å². The molecule has 0 aliphatic heterocycles. The Morgan fingerprint density at radius 3 is 2.82 bits per heavy atom. The highest BCUT2D eigenvalue weighted by Crippen LogP contribution is 2.16. The number of hydrogen-bond donors (Lipinski definition) is 0. The molecule has 96 valence electrons. The lowest BCUT2D eigenvalue weighted by atomic mass is 10.3. The maximum atomic E-state index is 12.2. The van der Waals surface area contributed by atoms with Crippen LogP contribution in [-0.4, -0.2) is 42.2 Å². The minimum Gasteiger partial charge on any atom is -0.380 e. The van der Waals surface area contributed by atoms with E-state index in [1.165, 1.54) is 0 Å². The van der Waals surface area contributed by atoms with Crippen LogP contribution in [0.25, 0.3) is 0 Å². The topological polar surface area (TPSA) is 34.5 Å². The van der Waals surface area contributed by atoms with E-state index in [2.05, 4.69) is 15.9 Å². The van der Waals surface area contributed by atoms with E-state index < -0.39 is 0 Å². The van der Waals surface area contributed by atoms with Gasteiger partial charge in [0.15, 0.2) is 0 Å². The average Bonchev–Trinajstić information content (AvgIpc) is 2.69. The standard InChI is InChI=1S/C12H19BrN2O2/c1-4-15-9-10(13)8-11(15)12(16)14(3)6-7-17-5-2/h8-9H,4-7H2,1-3H3. The largest absolute Gasteiger partial charge is 0.380 e. The van der Waals surface area contributed by atoms with Crippen molar-refractivity contribution in [3.63, 3.8) is 0 Å². The monoisotopic (exact) mass is 302 g/mol. The van der Waals surface area contributed by atoms with Crippen LogP contribution in [0.1, 0.15) is 24.3 Å². The minimum absolute atomic E-state index is 0.0252. The second kappa shape index (κ2) is 6.81. The fourth-order valence-corrected chi connectivity index (χ4v) is 2.02. The molecule has 0 bridgehead atoms. The van der Waals surface area contributed by atoms with E-state index in [1.807, 2.05) is 30.7 Å². The fourth-order valence-electron chi connectivity index (χ4n) is 1.56. The third-order valence-corrected chi connectivity index (χ3v) is 2.98. The predicted octanol–water partition coefficient (Wildman–Crippen LogP) is 2.38. The number of carbonyl (C=O) groups is 1. The Hall–Kier alpha value is -0.810. The summed E-state index contributed by atoms with van der Waals surface area (Å²) in [6.45, 7) is 6.61. The van der Waals surface area contributed by atoms with Gasteiger partial charge in [0.25, 0.3) is 5.91 Å².